The van der Waals surface area contributed by atoms with Crippen molar-refractivity contribution in [2.75, 3.05) is 0 Å². The number of hydrogen-bond acceptors (Lipinski definition) is 4. The lowest BCUT2D eigenvalue weighted by atomic mass is 10.1. The van der Waals surface area contributed by atoms with Crippen LogP contribution in [0.4, 0.5) is 13.2 Å². The predicted molar refractivity (Wildman–Crippen MR) is 105 cm³/mol. The molecule has 1 amide bonds. The number of alkyl halides is 3. The molecule has 2 N–H and O–H groups in total. The number of hydrogen-bond donors (Lipinski definition) is 1. The minimum absolute atomic E-state index is 0.0285. The summed E-state index contributed by atoms with van der Waals surface area (Å²) in [5.41, 5.74) is 3.37. The third-order valence-corrected chi connectivity index (χ3v) is 4.69. The molecule has 3 rings (SSSR count). The lowest BCUT2D eigenvalue weighted by Crippen LogP contribution is -2.30. The smallest absolute Gasteiger partial charge is 0.417 e. The maximum Gasteiger partial charge on any atom is 0.417 e. The number of amides is 1. The van der Waals surface area contributed by atoms with Gasteiger partial charge in [0.1, 0.15) is 5.75 Å². The van der Waals surface area contributed by atoms with E-state index >= 15 is 0 Å². The third-order valence-electron chi connectivity index (χ3n) is 4.46. The normalized spacial score (nSPS) is 12.1. The zero-order chi connectivity index (χ0) is 22.3. The first-order valence-corrected chi connectivity index (χ1v) is 9.14. The molecule has 158 valence electrons. The van der Waals surface area contributed by atoms with Crippen LogP contribution in [0.1, 0.15) is 35.6 Å². The molecule has 0 aliphatic carbocycles. The number of rotatable bonds is 5. The van der Waals surface area contributed by atoms with Crippen LogP contribution in [0.25, 0.3) is 11.4 Å². The van der Waals surface area contributed by atoms with Crippen LogP contribution < -0.4 is 10.5 Å². The van der Waals surface area contributed by atoms with Crippen molar-refractivity contribution in [3.8, 4) is 17.1 Å². The molecular formula is C20H18ClF3N4O2. The number of halogens is 4. The summed E-state index contributed by atoms with van der Waals surface area (Å²) in [4.78, 5) is 11.7. The molecule has 0 fully saturated rings. The number of benzene rings is 2. The Hall–Kier alpha value is -3.07. The number of aromatic nitrogens is 3. The average Bonchev–Trinajstić information content (AvgIpc) is 3.04. The molecule has 0 saturated carbocycles. The van der Waals surface area contributed by atoms with E-state index in [1.54, 1.807) is 20.9 Å². The zero-order valence-corrected chi connectivity index (χ0v) is 17.0. The molecule has 2 aromatic carbocycles. The van der Waals surface area contributed by atoms with Crippen molar-refractivity contribution >= 4 is 17.5 Å². The summed E-state index contributed by atoms with van der Waals surface area (Å²) in [6.45, 7) is 3.30. The average molecular weight is 439 g/mol. The summed E-state index contributed by atoms with van der Waals surface area (Å²) in [5.74, 6) is -0.293. The first-order valence-electron chi connectivity index (χ1n) is 8.76. The molecule has 0 aliphatic heterocycles. The molecule has 10 heteroatoms. The minimum Gasteiger partial charge on any atom is -0.479 e. The Bertz CT molecular complexity index is 1110. The predicted octanol–water partition coefficient (Wildman–Crippen LogP) is 4.57. The summed E-state index contributed by atoms with van der Waals surface area (Å²) < 4.78 is 47.6. The first-order chi connectivity index (χ1) is 13.9. The van der Waals surface area contributed by atoms with E-state index in [2.05, 4.69) is 10.2 Å². The molecule has 6 nitrogen and oxygen atoms in total. The van der Waals surface area contributed by atoms with E-state index in [1.165, 1.54) is 41.0 Å². The summed E-state index contributed by atoms with van der Waals surface area (Å²) in [7, 11) is 1.54. The monoisotopic (exact) mass is 438 g/mol. The Kier molecular flexibility index (Phi) is 5.51. The topological polar surface area (TPSA) is 83.0 Å². The van der Waals surface area contributed by atoms with Gasteiger partial charge in [-0.25, -0.2) is 0 Å². The van der Waals surface area contributed by atoms with Gasteiger partial charge in [-0.1, -0.05) is 29.8 Å². The fourth-order valence-corrected chi connectivity index (χ4v) is 3.29. The molecule has 30 heavy (non-hydrogen) atoms. The van der Waals surface area contributed by atoms with Crippen LogP contribution in [0.5, 0.6) is 5.75 Å². The molecule has 3 aromatic rings. The van der Waals surface area contributed by atoms with Gasteiger partial charge in [-0.3, -0.25) is 4.79 Å². The highest BCUT2D eigenvalue weighted by molar-refractivity contribution is 6.31. The van der Waals surface area contributed by atoms with E-state index in [4.69, 9.17) is 22.1 Å². The Labute approximate surface area is 175 Å². The minimum atomic E-state index is -4.55. The van der Waals surface area contributed by atoms with Gasteiger partial charge in [-0.05, 0) is 38.1 Å². The van der Waals surface area contributed by atoms with Crippen molar-refractivity contribution in [3.05, 3.63) is 64.4 Å². The van der Waals surface area contributed by atoms with E-state index in [1.807, 2.05) is 0 Å². The van der Waals surface area contributed by atoms with E-state index in [0.29, 0.717) is 5.02 Å². The van der Waals surface area contributed by atoms with Crippen LogP contribution in [0.2, 0.25) is 5.02 Å². The fourth-order valence-electron chi connectivity index (χ4n) is 3.12. The largest absolute Gasteiger partial charge is 0.479 e. The Morgan fingerprint density at radius 2 is 1.80 bits per heavy atom. The van der Waals surface area contributed by atoms with Crippen LogP contribution in [-0.4, -0.2) is 20.7 Å². The summed E-state index contributed by atoms with van der Waals surface area (Å²) in [6.07, 6.45) is -4.55. The maximum atomic E-state index is 13.4. The summed E-state index contributed by atoms with van der Waals surface area (Å²) in [5, 5.41) is 8.32. The van der Waals surface area contributed by atoms with Crippen LogP contribution in [0, 0.1) is 0 Å². The lowest BCUT2D eigenvalue weighted by molar-refractivity contribution is -0.137. The van der Waals surface area contributed by atoms with Gasteiger partial charge in [0.2, 0.25) is 0 Å². The Morgan fingerprint density at radius 3 is 2.43 bits per heavy atom. The van der Waals surface area contributed by atoms with Gasteiger partial charge in [0.15, 0.2) is 17.2 Å². The van der Waals surface area contributed by atoms with Crippen molar-refractivity contribution in [1.29, 1.82) is 0 Å². The van der Waals surface area contributed by atoms with Gasteiger partial charge < -0.3 is 15.0 Å². The Morgan fingerprint density at radius 1 is 1.13 bits per heavy atom. The quantitative estimate of drug-likeness (QED) is 0.632. The molecule has 0 atom stereocenters. The molecule has 0 radical (unpaired) electrons. The number of carbonyl (C=O) groups excluding carboxylic acids is 1. The third kappa shape index (κ3) is 4.11. The van der Waals surface area contributed by atoms with E-state index < -0.39 is 23.2 Å². The number of carbonyl (C=O) groups is 1. The second-order valence-corrected chi connectivity index (χ2v) is 7.50. The zero-order valence-electron chi connectivity index (χ0n) is 16.3. The van der Waals surface area contributed by atoms with Crippen LogP contribution >= 0.6 is 11.6 Å². The summed E-state index contributed by atoms with van der Waals surface area (Å²) in [6, 6.07) is 9.50. The van der Waals surface area contributed by atoms with Gasteiger partial charge in [-0.15, -0.1) is 10.2 Å². The first kappa shape index (κ1) is 21.6. The SMILES string of the molecule is Cn1c(-c2ccccc2C(F)(F)F)nnc1C(C)(C)Oc1ccc(Cl)cc1C(N)=O. The number of primary amides is 1. The van der Waals surface area contributed by atoms with Crippen molar-refractivity contribution in [2.24, 2.45) is 12.8 Å². The molecular weight excluding hydrogens is 421 g/mol. The molecule has 0 saturated heterocycles. The number of ether oxygens (including phenoxy) is 1. The maximum absolute atomic E-state index is 13.4. The second kappa shape index (κ2) is 7.64. The van der Waals surface area contributed by atoms with Gasteiger partial charge in [0.25, 0.3) is 5.91 Å². The fraction of sp³-hybridized carbons (Fsp3) is 0.250. The lowest BCUT2D eigenvalue weighted by Gasteiger charge is -2.26. The molecule has 0 unspecified atom stereocenters. The van der Waals surface area contributed by atoms with Crippen molar-refractivity contribution in [2.45, 2.75) is 25.6 Å². The van der Waals surface area contributed by atoms with Gasteiger partial charge in [0.05, 0.1) is 11.1 Å². The van der Waals surface area contributed by atoms with Gasteiger partial charge in [-0.2, -0.15) is 13.2 Å². The summed E-state index contributed by atoms with van der Waals surface area (Å²) >= 11 is 5.92. The molecule has 1 aromatic heterocycles. The highest BCUT2D eigenvalue weighted by Crippen LogP contribution is 2.37. The highest BCUT2D eigenvalue weighted by Gasteiger charge is 2.36. The van der Waals surface area contributed by atoms with Gasteiger partial charge >= 0.3 is 6.18 Å². The molecule has 1 heterocycles. The number of nitrogens with two attached hydrogens (primary N) is 1. The number of nitrogens with zero attached hydrogens (tertiary/aromatic N) is 3. The highest BCUT2D eigenvalue weighted by atomic mass is 35.5. The van der Waals surface area contributed by atoms with Crippen LogP contribution in [0.15, 0.2) is 42.5 Å². The molecule has 0 aliphatic rings. The Balaban J connectivity index is 2.04. The van der Waals surface area contributed by atoms with Crippen LogP contribution in [-0.2, 0) is 18.8 Å². The second-order valence-electron chi connectivity index (χ2n) is 7.07. The van der Waals surface area contributed by atoms with Crippen molar-refractivity contribution in [1.82, 2.24) is 14.8 Å². The standard InChI is InChI=1S/C20H18ClF3N4O2/c1-19(2,30-15-9-8-11(21)10-13(15)16(25)29)18-27-26-17(28(18)3)12-6-4-5-7-14(12)20(22,23)24/h4-10H,1-3H3,(H2,25,29). The van der Waals surface area contributed by atoms with E-state index in [9.17, 15) is 18.0 Å². The van der Waals surface area contributed by atoms with Crippen LogP contribution in [0.3, 0.4) is 0 Å². The van der Waals surface area contributed by atoms with E-state index in [0.717, 1.165) is 6.07 Å². The molecule has 0 bridgehead atoms. The van der Waals surface area contributed by atoms with Gasteiger partial charge in [0, 0.05) is 17.6 Å². The van der Waals surface area contributed by atoms with E-state index in [-0.39, 0.29) is 28.5 Å². The van der Waals surface area contributed by atoms with Crippen molar-refractivity contribution < 1.29 is 22.7 Å². The molecule has 0 spiro atoms. The van der Waals surface area contributed by atoms with Crippen molar-refractivity contribution in [3.63, 3.8) is 0 Å².